The molecule has 2 N–H and O–H groups in total. The maximum absolute atomic E-state index is 5.70. The summed E-state index contributed by atoms with van der Waals surface area (Å²) in [6.45, 7) is 10.7. The lowest BCUT2D eigenvalue weighted by Gasteiger charge is -2.22. The molecule has 3 rings (SSSR count). The van der Waals surface area contributed by atoms with E-state index < -0.39 is 0 Å². The third kappa shape index (κ3) is 2.09. The van der Waals surface area contributed by atoms with E-state index in [0.717, 1.165) is 11.4 Å². The Hall–Kier alpha value is -2.16. The highest BCUT2D eigenvalue weighted by atomic mass is 15.1. The van der Waals surface area contributed by atoms with Crippen molar-refractivity contribution in [3.05, 3.63) is 46.5 Å². The summed E-state index contributed by atoms with van der Waals surface area (Å²) >= 11 is 0. The van der Waals surface area contributed by atoms with Gasteiger partial charge in [0.15, 0.2) is 0 Å². The van der Waals surface area contributed by atoms with Crippen molar-refractivity contribution >= 4 is 23.8 Å². The molecule has 0 saturated heterocycles. The largest absolute Gasteiger partial charge is 0.368 e. The predicted molar refractivity (Wildman–Crippen MR) is 85.0 cm³/mol. The van der Waals surface area contributed by atoms with Crippen LogP contribution in [-0.4, -0.2) is 11.7 Å². The van der Waals surface area contributed by atoms with Gasteiger partial charge in [-0.1, -0.05) is 51.6 Å². The minimum Gasteiger partial charge on any atom is -0.368 e. The molecule has 1 unspecified atom stereocenters. The van der Waals surface area contributed by atoms with E-state index >= 15 is 0 Å². The van der Waals surface area contributed by atoms with E-state index in [1.54, 1.807) is 0 Å². The molecule has 1 aliphatic carbocycles. The van der Waals surface area contributed by atoms with Gasteiger partial charge in [-0.2, -0.15) is 0 Å². The van der Waals surface area contributed by atoms with Crippen molar-refractivity contribution in [2.24, 2.45) is 21.6 Å². The van der Waals surface area contributed by atoms with E-state index in [1.165, 1.54) is 16.0 Å². The molecule has 1 aromatic rings. The van der Waals surface area contributed by atoms with Crippen molar-refractivity contribution < 1.29 is 0 Å². The van der Waals surface area contributed by atoms with Gasteiger partial charge >= 0.3 is 0 Å². The molecule has 102 valence electrons. The van der Waals surface area contributed by atoms with Gasteiger partial charge in [0.25, 0.3) is 0 Å². The van der Waals surface area contributed by atoms with Gasteiger partial charge in [0.05, 0.1) is 17.3 Å². The van der Waals surface area contributed by atoms with Crippen molar-refractivity contribution in [1.29, 1.82) is 0 Å². The molecule has 0 aromatic heterocycles. The monoisotopic (exact) mass is 265 g/mol. The van der Waals surface area contributed by atoms with Gasteiger partial charge in [0.1, 0.15) is 0 Å². The van der Waals surface area contributed by atoms with Gasteiger partial charge < -0.3 is 5.73 Å². The van der Waals surface area contributed by atoms with Gasteiger partial charge in [-0.05, 0) is 27.5 Å². The van der Waals surface area contributed by atoms with Crippen LogP contribution in [0.25, 0.3) is 12.2 Å². The maximum atomic E-state index is 5.70. The number of hydrogen-bond acceptors (Lipinski definition) is 3. The molecule has 20 heavy (non-hydrogen) atoms. The molecule has 2 aliphatic rings. The van der Waals surface area contributed by atoms with Gasteiger partial charge in [-0.15, -0.1) is 0 Å². The Labute approximate surface area is 118 Å². The lowest BCUT2D eigenvalue weighted by atomic mass is 9.84. The first-order valence-corrected chi connectivity index (χ1v) is 6.80. The zero-order valence-corrected chi connectivity index (χ0v) is 12.1. The molecular weight excluding hydrogens is 246 g/mol. The third-order valence-electron chi connectivity index (χ3n) is 3.78. The fourth-order valence-corrected chi connectivity index (χ4v) is 2.57. The van der Waals surface area contributed by atoms with Crippen molar-refractivity contribution in [2.75, 3.05) is 0 Å². The van der Waals surface area contributed by atoms with Gasteiger partial charge in [-0.25, -0.2) is 9.98 Å². The summed E-state index contributed by atoms with van der Waals surface area (Å²) in [4.78, 5) is 8.49. The van der Waals surface area contributed by atoms with Crippen molar-refractivity contribution in [2.45, 2.75) is 26.2 Å². The van der Waals surface area contributed by atoms with Gasteiger partial charge in [0, 0.05) is 0 Å². The summed E-state index contributed by atoms with van der Waals surface area (Å²) in [6.07, 6.45) is 4.26. The second kappa shape index (κ2) is 4.17. The normalized spacial score (nSPS) is 20.9. The van der Waals surface area contributed by atoms with Gasteiger partial charge in [-0.3, -0.25) is 0 Å². The Balaban J connectivity index is 2.20. The Bertz CT molecular complexity index is 773. The molecule has 0 fully saturated rings. The average Bonchev–Trinajstić information content (AvgIpc) is 2.35. The molecule has 1 atom stereocenters. The highest BCUT2D eigenvalue weighted by molar-refractivity contribution is 6.21. The molecule has 0 saturated carbocycles. The first-order valence-electron chi connectivity index (χ1n) is 6.80. The zero-order chi connectivity index (χ0) is 14.5. The van der Waals surface area contributed by atoms with Crippen LogP contribution in [-0.2, 0) is 5.41 Å². The van der Waals surface area contributed by atoms with Crippen LogP contribution in [0.3, 0.4) is 0 Å². The lowest BCUT2D eigenvalue weighted by molar-refractivity contribution is 0.589. The minimum atomic E-state index is 0.0463. The molecule has 1 heterocycles. The summed E-state index contributed by atoms with van der Waals surface area (Å²) in [5, 5.41) is 2.40. The molecule has 1 aliphatic heterocycles. The highest BCUT2D eigenvalue weighted by Crippen LogP contribution is 2.22. The summed E-state index contributed by atoms with van der Waals surface area (Å²) in [5.74, 6) is 0.339. The zero-order valence-electron chi connectivity index (χ0n) is 12.1. The molecule has 3 heteroatoms. The predicted octanol–water partition coefficient (Wildman–Crippen LogP) is 1.46. The molecule has 3 nitrogen and oxygen atoms in total. The Morgan fingerprint density at radius 2 is 1.90 bits per heavy atom. The van der Waals surface area contributed by atoms with E-state index in [1.807, 2.05) is 0 Å². The SMILES string of the molecule is C=C1N=C(N)N=C2C=c3ccc(C(C)(C)C)cc3=CC12. The summed E-state index contributed by atoms with van der Waals surface area (Å²) in [5.41, 5.74) is 8.86. The van der Waals surface area contributed by atoms with Crippen LogP contribution in [0.15, 0.2) is 40.5 Å². The molecule has 0 amide bonds. The Morgan fingerprint density at radius 3 is 2.60 bits per heavy atom. The number of aliphatic imine (C=N–C) groups is 2. The third-order valence-corrected chi connectivity index (χ3v) is 3.78. The smallest absolute Gasteiger partial charge is 0.220 e. The topological polar surface area (TPSA) is 50.7 Å². The van der Waals surface area contributed by atoms with Crippen molar-refractivity contribution in [3.63, 3.8) is 0 Å². The van der Waals surface area contributed by atoms with Crippen molar-refractivity contribution in [1.82, 2.24) is 0 Å². The number of hydrogen-bond donors (Lipinski definition) is 1. The van der Waals surface area contributed by atoms with E-state index in [-0.39, 0.29) is 11.3 Å². The Kier molecular flexibility index (Phi) is 2.68. The quantitative estimate of drug-likeness (QED) is 0.758. The Morgan fingerprint density at radius 1 is 1.15 bits per heavy atom. The fourth-order valence-electron chi connectivity index (χ4n) is 2.57. The maximum Gasteiger partial charge on any atom is 0.220 e. The van der Waals surface area contributed by atoms with E-state index in [0.29, 0.717) is 5.96 Å². The molecular formula is C17H19N3. The number of benzene rings is 1. The molecule has 0 bridgehead atoms. The number of nitrogens with two attached hydrogens (primary N) is 1. The number of fused-ring (bicyclic) bond motifs is 2. The highest BCUT2D eigenvalue weighted by Gasteiger charge is 2.22. The molecule has 0 spiro atoms. The number of guanidine groups is 1. The van der Waals surface area contributed by atoms with Crippen LogP contribution in [0.4, 0.5) is 0 Å². The van der Waals surface area contributed by atoms with Crippen LogP contribution in [0.1, 0.15) is 26.3 Å². The van der Waals surface area contributed by atoms with E-state index in [9.17, 15) is 0 Å². The average molecular weight is 265 g/mol. The van der Waals surface area contributed by atoms with E-state index in [4.69, 9.17) is 5.73 Å². The molecule has 0 radical (unpaired) electrons. The number of nitrogens with zero attached hydrogens (tertiary/aromatic N) is 2. The first-order chi connectivity index (χ1) is 9.34. The fraction of sp³-hybridized carbons (Fsp3) is 0.294. The number of allylic oxidation sites excluding steroid dienone is 1. The first kappa shape index (κ1) is 12.9. The standard InChI is InChI=1S/C17H19N3/c1-10-14-8-12-7-13(17(2,3)4)6-5-11(12)9-15(14)20-16(18)19-10/h5-9,14H,1H2,2-4H3,(H2,18,19). The number of rotatable bonds is 0. The van der Waals surface area contributed by atoms with Gasteiger partial charge in [0.2, 0.25) is 5.96 Å². The lowest BCUT2D eigenvalue weighted by Crippen LogP contribution is -2.36. The van der Waals surface area contributed by atoms with Crippen LogP contribution in [0.5, 0.6) is 0 Å². The minimum absolute atomic E-state index is 0.0463. The second-order valence-electron chi connectivity index (χ2n) is 6.38. The van der Waals surface area contributed by atoms with Crippen LogP contribution >= 0.6 is 0 Å². The van der Waals surface area contributed by atoms with E-state index in [2.05, 4.69) is 67.7 Å². The summed E-state index contributed by atoms with van der Waals surface area (Å²) in [7, 11) is 0. The van der Waals surface area contributed by atoms with Crippen LogP contribution in [0, 0.1) is 5.92 Å². The molecule has 1 aromatic carbocycles. The van der Waals surface area contributed by atoms with Crippen LogP contribution in [0.2, 0.25) is 0 Å². The summed E-state index contributed by atoms with van der Waals surface area (Å²) < 4.78 is 0. The van der Waals surface area contributed by atoms with Crippen molar-refractivity contribution in [3.8, 4) is 0 Å². The van der Waals surface area contributed by atoms with Crippen LogP contribution < -0.4 is 16.2 Å². The second-order valence-corrected chi connectivity index (χ2v) is 6.38. The summed E-state index contributed by atoms with van der Waals surface area (Å²) in [6, 6.07) is 6.58.